The summed E-state index contributed by atoms with van der Waals surface area (Å²) in [7, 11) is -3.74. The summed E-state index contributed by atoms with van der Waals surface area (Å²) >= 11 is 0. The zero-order valence-electron chi connectivity index (χ0n) is 16.8. The lowest BCUT2D eigenvalue weighted by atomic mass is 10.0. The lowest BCUT2D eigenvalue weighted by molar-refractivity contribution is -0.118. The molecule has 1 amide bonds. The molecule has 0 radical (unpaired) electrons. The van der Waals surface area contributed by atoms with Gasteiger partial charge >= 0.3 is 0 Å². The van der Waals surface area contributed by atoms with E-state index in [1.165, 1.54) is 0 Å². The van der Waals surface area contributed by atoms with Crippen LogP contribution in [0.15, 0.2) is 77.7 Å². The summed E-state index contributed by atoms with van der Waals surface area (Å²) in [4.78, 5) is 14.2. The normalized spacial score (nSPS) is 13.6. The van der Waals surface area contributed by atoms with Crippen molar-refractivity contribution in [2.24, 2.45) is 0 Å². The molecule has 0 unspecified atom stereocenters. The van der Waals surface area contributed by atoms with E-state index in [0.29, 0.717) is 18.7 Å². The summed E-state index contributed by atoms with van der Waals surface area (Å²) in [6.07, 6.45) is 2.22. The molecule has 0 aromatic heterocycles. The molecule has 0 spiro atoms. The molecule has 1 heterocycles. The number of carbonyl (C=O) groups is 1. The van der Waals surface area contributed by atoms with Crippen molar-refractivity contribution in [2.75, 3.05) is 16.2 Å². The first-order chi connectivity index (χ1) is 14.5. The minimum Gasteiger partial charge on any atom is -0.312 e. The fourth-order valence-electron chi connectivity index (χ4n) is 3.76. The van der Waals surface area contributed by atoms with Gasteiger partial charge in [-0.2, -0.15) is 0 Å². The van der Waals surface area contributed by atoms with Gasteiger partial charge in [0.15, 0.2) is 0 Å². The third kappa shape index (κ3) is 4.09. The van der Waals surface area contributed by atoms with Crippen LogP contribution in [0.5, 0.6) is 0 Å². The Labute approximate surface area is 177 Å². The highest BCUT2D eigenvalue weighted by Crippen LogP contribution is 2.31. The number of rotatable bonds is 5. The number of aryl methyl sites for hydroxylation is 1. The Morgan fingerprint density at radius 3 is 2.37 bits per heavy atom. The molecule has 0 aliphatic carbocycles. The standard InChI is InChI=1S/C24H24N2O3S/c1-2-24(27)26-16-6-9-20-10-13-21(17-23(20)26)25-30(28,29)22-14-11-19(12-15-22)18-7-4-3-5-8-18/h3-5,7-8,10-15,17,25H,2,6,9,16H2,1H3. The summed E-state index contributed by atoms with van der Waals surface area (Å²) in [6, 6.07) is 22.1. The van der Waals surface area contributed by atoms with Crippen molar-refractivity contribution in [3.05, 3.63) is 78.4 Å². The third-order valence-electron chi connectivity index (χ3n) is 5.33. The molecule has 0 saturated heterocycles. The first-order valence-corrected chi connectivity index (χ1v) is 11.6. The van der Waals surface area contributed by atoms with Crippen LogP contribution in [0.2, 0.25) is 0 Å². The van der Waals surface area contributed by atoms with Gasteiger partial charge in [0.2, 0.25) is 5.91 Å². The van der Waals surface area contributed by atoms with E-state index < -0.39 is 10.0 Å². The molecule has 3 aromatic carbocycles. The van der Waals surface area contributed by atoms with Crippen molar-refractivity contribution in [3.8, 4) is 11.1 Å². The minimum absolute atomic E-state index is 0.0486. The molecular weight excluding hydrogens is 396 g/mol. The van der Waals surface area contributed by atoms with Gasteiger partial charge in [-0.25, -0.2) is 8.42 Å². The van der Waals surface area contributed by atoms with Crippen molar-refractivity contribution in [2.45, 2.75) is 31.1 Å². The maximum atomic E-state index is 12.9. The monoisotopic (exact) mass is 420 g/mol. The Morgan fingerprint density at radius 1 is 0.967 bits per heavy atom. The van der Waals surface area contributed by atoms with Crippen LogP contribution in [-0.4, -0.2) is 20.9 Å². The second kappa shape index (κ2) is 8.32. The smallest absolute Gasteiger partial charge is 0.261 e. The second-order valence-electron chi connectivity index (χ2n) is 7.34. The van der Waals surface area contributed by atoms with Crippen LogP contribution in [0, 0.1) is 0 Å². The molecule has 0 atom stereocenters. The molecule has 1 aliphatic rings. The van der Waals surface area contributed by atoms with Crippen LogP contribution >= 0.6 is 0 Å². The van der Waals surface area contributed by atoms with Crippen molar-refractivity contribution in [1.29, 1.82) is 0 Å². The largest absolute Gasteiger partial charge is 0.312 e. The molecule has 154 valence electrons. The maximum absolute atomic E-state index is 12.9. The van der Waals surface area contributed by atoms with Gasteiger partial charge in [-0.1, -0.05) is 55.5 Å². The fourth-order valence-corrected chi connectivity index (χ4v) is 4.81. The lowest BCUT2D eigenvalue weighted by Crippen LogP contribution is -2.35. The quantitative estimate of drug-likeness (QED) is 0.642. The average Bonchev–Trinajstić information content (AvgIpc) is 2.78. The molecule has 30 heavy (non-hydrogen) atoms. The van der Waals surface area contributed by atoms with E-state index >= 15 is 0 Å². The molecule has 0 saturated carbocycles. The fraction of sp³-hybridized carbons (Fsp3) is 0.208. The van der Waals surface area contributed by atoms with Gasteiger partial charge in [0.25, 0.3) is 10.0 Å². The first kappa shape index (κ1) is 20.2. The zero-order valence-corrected chi connectivity index (χ0v) is 17.7. The number of hydrogen-bond acceptors (Lipinski definition) is 3. The number of nitrogens with zero attached hydrogens (tertiary/aromatic N) is 1. The highest BCUT2D eigenvalue weighted by atomic mass is 32.2. The predicted octanol–water partition coefficient (Wildman–Crippen LogP) is 4.84. The van der Waals surface area contributed by atoms with Crippen LogP contribution in [-0.2, 0) is 21.2 Å². The maximum Gasteiger partial charge on any atom is 0.261 e. The van der Waals surface area contributed by atoms with Gasteiger partial charge in [-0.15, -0.1) is 0 Å². The van der Waals surface area contributed by atoms with Crippen LogP contribution in [0.25, 0.3) is 11.1 Å². The number of fused-ring (bicyclic) bond motifs is 1. The van der Waals surface area contributed by atoms with Gasteiger partial charge in [0.1, 0.15) is 0 Å². The van der Waals surface area contributed by atoms with Crippen LogP contribution in [0.3, 0.4) is 0 Å². The van der Waals surface area contributed by atoms with Crippen LogP contribution in [0.4, 0.5) is 11.4 Å². The minimum atomic E-state index is -3.74. The van der Waals surface area contributed by atoms with E-state index in [9.17, 15) is 13.2 Å². The zero-order chi connectivity index (χ0) is 21.1. The van der Waals surface area contributed by atoms with E-state index in [1.54, 1.807) is 41.3 Å². The Hall–Kier alpha value is -3.12. The number of sulfonamides is 1. The number of carbonyl (C=O) groups excluding carboxylic acids is 1. The second-order valence-corrected chi connectivity index (χ2v) is 9.02. The SMILES string of the molecule is CCC(=O)N1CCCc2ccc(NS(=O)(=O)c3ccc(-c4ccccc4)cc3)cc21. The van der Waals surface area contributed by atoms with Gasteiger partial charge in [0.05, 0.1) is 10.6 Å². The highest BCUT2D eigenvalue weighted by Gasteiger charge is 2.23. The summed E-state index contributed by atoms with van der Waals surface area (Å²) in [5, 5.41) is 0. The molecule has 6 heteroatoms. The molecule has 0 fully saturated rings. The van der Waals surface area contributed by atoms with Gasteiger partial charge in [0, 0.05) is 18.7 Å². The van der Waals surface area contributed by atoms with E-state index in [4.69, 9.17) is 0 Å². The number of anilines is 2. The van der Waals surface area contributed by atoms with E-state index in [0.717, 1.165) is 35.2 Å². The molecule has 1 N–H and O–H groups in total. The topological polar surface area (TPSA) is 66.5 Å². The van der Waals surface area contributed by atoms with Crippen LogP contribution in [0.1, 0.15) is 25.3 Å². The molecule has 0 bridgehead atoms. The highest BCUT2D eigenvalue weighted by molar-refractivity contribution is 7.92. The van der Waals surface area contributed by atoms with E-state index in [1.807, 2.05) is 43.3 Å². The third-order valence-corrected chi connectivity index (χ3v) is 6.73. The van der Waals surface area contributed by atoms with Gasteiger partial charge in [-0.3, -0.25) is 9.52 Å². The first-order valence-electron chi connectivity index (χ1n) is 10.1. The number of hydrogen-bond donors (Lipinski definition) is 1. The van der Waals surface area contributed by atoms with Crippen molar-refractivity contribution in [1.82, 2.24) is 0 Å². The Morgan fingerprint density at radius 2 is 1.67 bits per heavy atom. The predicted molar refractivity (Wildman–Crippen MR) is 120 cm³/mol. The summed E-state index contributed by atoms with van der Waals surface area (Å²) in [6.45, 7) is 2.50. The molecule has 4 rings (SSSR count). The van der Waals surface area contributed by atoms with Gasteiger partial charge in [-0.05, 0) is 53.8 Å². The summed E-state index contributed by atoms with van der Waals surface area (Å²) in [5.41, 5.74) is 4.31. The van der Waals surface area contributed by atoms with Gasteiger partial charge < -0.3 is 4.90 Å². The van der Waals surface area contributed by atoms with Crippen molar-refractivity contribution >= 4 is 27.3 Å². The molecule has 3 aromatic rings. The van der Waals surface area contributed by atoms with Crippen molar-refractivity contribution < 1.29 is 13.2 Å². The van der Waals surface area contributed by atoms with E-state index in [-0.39, 0.29) is 10.8 Å². The number of nitrogens with one attached hydrogen (secondary N) is 1. The van der Waals surface area contributed by atoms with E-state index in [2.05, 4.69) is 4.72 Å². The Bertz CT molecular complexity index is 1160. The molecule has 1 aliphatic heterocycles. The Kier molecular flexibility index (Phi) is 5.59. The summed E-state index contributed by atoms with van der Waals surface area (Å²) < 4.78 is 28.5. The number of amides is 1. The molecule has 5 nitrogen and oxygen atoms in total. The van der Waals surface area contributed by atoms with Crippen molar-refractivity contribution in [3.63, 3.8) is 0 Å². The van der Waals surface area contributed by atoms with Crippen LogP contribution < -0.4 is 9.62 Å². The Balaban J connectivity index is 1.59. The average molecular weight is 421 g/mol. The number of benzene rings is 3. The lowest BCUT2D eigenvalue weighted by Gasteiger charge is -2.29. The molecular formula is C24H24N2O3S. The summed E-state index contributed by atoms with van der Waals surface area (Å²) in [5.74, 6) is 0.0486.